The number of rotatable bonds is 2. The monoisotopic (exact) mass is 314 g/mol. The zero-order valence-electron chi connectivity index (χ0n) is 13.8. The van der Waals surface area contributed by atoms with Gasteiger partial charge in [0, 0.05) is 5.54 Å². The maximum absolute atomic E-state index is 10.5. The van der Waals surface area contributed by atoms with E-state index < -0.39 is 12.2 Å². The third kappa shape index (κ3) is 7.00. The second-order valence-corrected chi connectivity index (χ2v) is 6.98. The normalized spacial score (nSPS) is 22.6. The van der Waals surface area contributed by atoms with Crippen molar-refractivity contribution in [3.8, 4) is 0 Å². The van der Waals surface area contributed by atoms with Crippen LogP contribution in [0, 0.1) is 0 Å². The van der Waals surface area contributed by atoms with E-state index in [4.69, 9.17) is 15.6 Å². The molecule has 22 heavy (non-hydrogen) atoms. The quantitative estimate of drug-likeness (QED) is 0.721. The van der Waals surface area contributed by atoms with Crippen LogP contribution in [-0.4, -0.2) is 28.4 Å². The van der Waals surface area contributed by atoms with Crippen LogP contribution in [0.15, 0.2) is 0 Å². The molecule has 0 unspecified atom stereocenters. The highest BCUT2D eigenvalue weighted by Crippen LogP contribution is 2.30. The Morgan fingerprint density at radius 2 is 1.41 bits per heavy atom. The lowest BCUT2D eigenvalue weighted by Crippen LogP contribution is -2.46. The minimum Gasteiger partial charge on any atom is -0.465 e. The van der Waals surface area contributed by atoms with E-state index in [0.717, 1.165) is 51.4 Å². The lowest BCUT2D eigenvalue weighted by Gasteiger charge is -2.33. The first-order chi connectivity index (χ1) is 10.2. The SMILES string of the molecule is CC1(NC(=O)O)CCCCC1.CC1(OC(N)=O)CCCCC1. The van der Waals surface area contributed by atoms with Gasteiger partial charge >= 0.3 is 12.2 Å². The molecule has 2 rings (SSSR count). The van der Waals surface area contributed by atoms with Crippen molar-refractivity contribution in [2.24, 2.45) is 5.73 Å². The number of ether oxygens (including phenoxy) is 1. The van der Waals surface area contributed by atoms with E-state index in [2.05, 4.69) is 5.32 Å². The van der Waals surface area contributed by atoms with Crippen LogP contribution in [-0.2, 0) is 4.74 Å². The predicted molar refractivity (Wildman–Crippen MR) is 84.8 cm³/mol. The van der Waals surface area contributed by atoms with Gasteiger partial charge in [0.05, 0.1) is 0 Å². The predicted octanol–water partition coefficient (Wildman–Crippen LogP) is 3.78. The Bertz CT molecular complexity index is 336. The van der Waals surface area contributed by atoms with Gasteiger partial charge < -0.3 is 20.9 Å². The van der Waals surface area contributed by atoms with Crippen LogP contribution in [0.1, 0.15) is 78.1 Å². The third-order valence-corrected chi connectivity index (χ3v) is 4.62. The fraction of sp³-hybridized carbons (Fsp3) is 0.875. The summed E-state index contributed by atoms with van der Waals surface area (Å²) < 4.78 is 5.02. The van der Waals surface area contributed by atoms with Crippen LogP contribution in [0.3, 0.4) is 0 Å². The lowest BCUT2D eigenvalue weighted by molar-refractivity contribution is 0.00303. The highest BCUT2D eigenvalue weighted by Gasteiger charge is 2.30. The zero-order valence-corrected chi connectivity index (χ0v) is 13.8. The van der Waals surface area contributed by atoms with Crippen molar-refractivity contribution in [1.82, 2.24) is 5.32 Å². The molecule has 0 aromatic rings. The molecule has 4 N–H and O–H groups in total. The number of carboxylic acid groups (broad SMARTS) is 1. The smallest absolute Gasteiger partial charge is 0.405 e. The van der Waals surface area contributed by atoms with Crippen molar-refractivity contribution in [3.63, 3.8) is 0 Å². The van der Waals surface area contributed by atoms with Crippen molar-refractivity contribution in [3.05, 3.63) is 0 Å². The first kappa shape index (κ1) is 18.6. The number of hydrogen-bond donors (Lipinski definition) is 3. The average Bonchev–Trinajstić information content (AvgIpc) is 2.38. The van der Waals surface area contributed by atoms with Gasteiger partial charge in [0.25, 0.3) is 0 Å². The average molecular weight is 314 g/mol. The van der Waals surface area contributed by atoms with Crippen LogP contribution in [0.5, 0.6) is 0 Å². The maximum Gasteiger partial charge on any atom is 0.405 e. The molecule has 0 radical (unpaired) electrons. The second-order valence-electron chi connectivity index (χ2n) is 6.98. The highest BCUT2D eigenvalue weighted by molar-refractivity contribution is 5.65. The van der Waals surface area contributed by atoms with Gasteiger partial charge in [-0.25, -0.2) is 9.59 Å². The molecule has 0 aromatic carbocycles. The molecule has 0 saturated heterocycles. The molecule has 0 atom stereocenters. The molecule has 2 aliphatic carbocycles. The number of carbonyl (C=O) groups excluding carboxylic acids is 1. The van der Waals surface area contributed by atoms with E-state index in [9.17, 15) is 9.59 Å². The molecule has 2 amide bonds. The Morgan fingerprint density at radius 1 is 0.955 bits per heavy atom. The molecular formula is C16H30N2O4. The Balaban J connectivity index is 0.000000220. The molecular weight excluding hydrogens is 284 g/mol. The van der Waals surface area contributed by atoms with E-state index in [-0.39, 0.29) is 11.1 Å². The zero-order chi connectivity index (χ0) is 16.6. The highest BCUT2D eigenvalue weighted by atomic mass is 16.6. The van der Waals surface area contributed by atoms with E-state index in [1.807, 2.05) is 13.8 Å². The van der Waals surface area contributed by atoms with Crippen molar-refractivity contribution >= 4 is 12.2 Å². The fourth-order valence-corrected chi connectivity index (χ4v) is 3.36. The van der Waals surface area contributed by atoms with Gasteiger partial charge in [0.2, 0.25) is 0 Å². The van der Waals surface area contributed by atoms with Crippen molar-refractivity contribution < 1.29 is 19.4 Å². The summed E-state index contributed by atoms with van der Waals surface area (Å²) in [5, 5.41) is 11.1. The van der Waals surface area contributed by atoms with Gasteiger partial charge in [0.15, 0.2) is 0 Å². The van der Waals surface area contributed by atoms with Gasteiger partial charge in [-0.1, -0.05) is 25.7 Å². The molecule has 0 aromatic heterocycles. The summed E-state index contributed by atoms with van der Waals surface area (Å²) >= 11 is 0. The summed E-state index contributed by atoms with van der Waals surface area (Å²) in [6.07, 6.45) is 9.42. The van der Waals surface area contributed by atoms with Gasteiger partial charge in [-0.2, -0.15) is 0 Å². The van der Waals surface area contributed by atoms with Crippen LogP contribution >= 0.6 is 0 Å². The first-order valence-corrected chi connectivity index (χ1v) is 8.24. The third-order valence-electron chi connectivity index (χ3n) is 4.62. The fourth-order valence-electron chi connectivity index (χ4n) is 3.36. The topological polar surface area (TPSA) is 102 Å². The largest absolute Gasteiger partial charge is 0.465 e. The van der Waals surface area contributed by atoms with Gasteiger partial charge in [-0.3, -0.25) is 0 Å². The molecule has 2 aliphatic rings. The first-order valence-electron chi connectivity index (χ1n) is 8.24. The standard InChI is InChI=1S/2C8H15NO2/c1-8(11-7(9)10)5-3-2-4-6-8;1-8(9-7(10)11)5-3-2-4-6-8/h2-6H2,1H3,(H2,9,10);9H,2-6H2,1H3,(H,10,11). The molecule has 0 spiro atoms. The minimum absolute atomic E-state index is 0.149. The number of hydrogen-bond acceptors (Lipinski definition) is 3. The molecule has 128 valence electrons. The summed E-state index contributed by atoms with van der Waals surface area (Å²) in [4.78, 5) is 20.8. The van der Waals surface area contributed by atoms with E-state index in [1.165, 1.54) is 12.8 Å². The van der Waals surface area contributed by atoms with E-state index >= 15 is 0 Å². The molecule has 0 bridgehead atoms. The minimum atomic E-state index is -0.894. The van der Waals surface area contributed by atoms with Crippen LogP contribution in [0.4, 0.5) is 9.59 Å². The van der Waals surface area contributed by atoms with E-state index in [0.29, 0.717) is 0 Å². The summed E-state index contributed by atoms with van der Waals surface area (Å²) in [5.74, 6) is 0. The Labute approximate surface area is 132 Å². The lowest BCUT2D eigenvalue weighted by atomic mass is 9.83. The summed E-state index contributed by atoms with van der Waals surface area (Å²) in [5.41, 5.74) is 4.52. The van der Waals surface area contributed by atoms with Crippen LogP contribution < -0.4 is 11.1 Å². The molecule has 6 nitrogen and oxygen atoms in total. The van der Waals surface area contributed by atoms with Gasteiger partial charge in [-0.05, 0) is 52.4 Å². The van der Waals surface area contributed by atoms with Crippen molar-refractivity contribution in [1.29, 1.82) is 0 Å². The number of carbonyl (C=O) groups is 2. The molecule has 2 saturated carbocycles. The van der Waals surface area contributed by atoms with Gasteiger partial charge in [0.1, 0.15) is 5.60 Å². The number of amides is 2. The summed E-state index contributed by atoms with van der Waals surface area (Å²) in [6.45, 7) is 3.94. The number of nitrogens with two attached hydrogens (primary N) is 1. The molecule has 2 fully saturated rings. The van der Waals surface area contributed by atoms with Crippen molar-refractivity contribution in [2.75, 3.05) is 0 Å². The van der Waals surface area contributed by atoms with Gasteiger partial charge in [-0.15, -0.1) is 0 Å². The molecule has 0 heterocycles. The van der Waals surface area contributed by atoms with E-state index in [1.54, 1.807) is 0 Å². The Hall–Kier alpha value is -1.46. The van der Waals surface area contributed by atoms with Crippen molar-refractivity contribution in [2.45, 2.75) is 89.2 Å². The number of primary amides is 1. The molecule has 6 heteroatoms. The Morgan fingerprint density at radius 3 is 1.82 bits per heavy atom. The maximum atomic E-state index is 10.5. The van der Waals surface area contributed by atoms with Crippen LogP contribution in [0.2, 0.25) is 0 Å². The number of nitrogens with one attached hydrogen (secondary N) is 1. The summed E-state index contributed by atoms with van der Waals surface area (Å²) in [7, 11) is 0. The second kappa shape index (κ2) is 8.25. The van der Waals surface area contributed by atoms with Crippen LogP contribution in [0.25, 0.3) is 0 Å². The molecule has 0 aliphatic heterocycles. The Kier molecular flexibility index (Phi) is 6.97. The summed E-state index contributed by atoms with van der Waals surface area (Å²) in [6, 6.07) is 0.